The number of thiazole rings is 1. The number of fused-ring (bicyclic) bond motifs is 1. The summed E-state index contributed by atoms with van der Waals surface area (Å²) in [5.41, 5.74) is 13.6. The minimum atomic E-state index is -0.620. The molecule has 2 atom stereocenters. The number of amides is 1. The molecular formula is C24H25N7O2S. The van der Waals surface area contributed by atoms with Gasteiger partial charge in [-0.15, -0.1) is 0 Å². The summed E-state index contributed by atoms with van der Waals surface area (Å²) in [7, 11) is 0. The van der Waals surface area contributed by atoms with E-state index in [2.05, 4.69) is 25.6 Å². The van der Waals surface area contributed by atoms with E-state index in [-0.39, 0.29) is 17.6 Å². The fourth-order valence-electron chi connectivity index (χ4n) is 4.00. The van der Waals surface area contributed by atoms with E-state index >= 15 is 0 Å². The monoisotopic (exact) mass is 475 g/mol. The quantitative estimate of drug-likeness (QED) is 0.308. The second-order valence-corrected chi connectivity index (χ2v) is 9.21. The van der Waals surface area contributed by atoms with Crippen molar-refractivity contribution in [3.05, 3.63) is 60.3 Å². The molecule has 1 amide bonds. The van der Waals surface area contributed by atoms with Crippen molar-refractivity contribution in [2.24, 2.45) is 11.5 Å². The van der Waals surface area contributed by atoms with Crippen molar-refractivity contribution in [3.8, 4) is 10.9 Å². The number of carbonyl (C=O) groups is 1. The number of nitrogens with zero attached hydrogens (tertiary/aromatic N) is 3. The molecule has 2 aromatic heterocycles. The van der Waals surface area contributed by atoms with E-state index in [9.17, 15) is 4.79 Å². The number of ether oxygens (including phenoxy) is 1. The fraction of sp³-hybridized carbons (Fsp3) is 0.250. The summed E-state index contributed by atoms with van der Waals surface area (Å²) in [6, 6.07) is 15.3. The molecule has 1 saturated carbocycles. The highest BCUT2D eigenvalue weighted by Gasteiger charge is 2.23. The van der Waals surface area contributed by atoms with Crippen molar-refractivity contribution < 1.29 is 9.53 Å². The van der Waals surface area contributed by atoms with Gasteiger partial charge in [0.1, 0.15) is 17.1 Å². The number of hydrogen-bond donors (Lipinski definition) is 4. The maximum absolute atomic E-state index is 12.0. The first-order chi connectivity index (χ1) is 16.5. The second-order valence-electron chi connectivity index (χ2n) is 8.22. The SMILES string of the molecule is NC(=O)c1cnc(N[C@@H]2CCCC[C@@H]2N)nc1Nc1cccc(Oc2nc3ccccc3s2)c1. The fourth-order valence-corrected chi connectivity index (χ4v) is 4.84. The van der Waals surface area contributed by atoms with Gasteiger partial charge in [0, 0.05) is 30.0 Å². The molecule has 1 aliphatic rings. The van der Waals surface area contributed by atoms with Crippen LogP contribution in [0.5, 0.6) is 10.9 Å². The lowest BCUT2D eigenvalue weighted by Gasteiger charge is -2.29. The molecular weight excluding hydrogens is 450 g/mol. The minimum Gasteiger partial charge on any atom is -0.431 e. The van der Waals surface area contributed by atoms with E-state index in [1.54, 1.807) is 0 Å². The summed E-state index contributed by atoms with van der Waals surface area (Å²) in [4.78, 5) is 25.3. The van der Waals surface area contributed by atoms with Crippen LogP contribution < -0.4 is 26.8 Å². The smallest absolute Gasteiger partial charge is 0.279 e. The molecule has 10 heteroatoms. The molecule has 174 valence electrons. The van der Waals surface area contributed by atoms with E-state index in [0.29, 0.717) is 28.4 Å². The molecule has 5 rings (SSSR count). The molecule has 0 unspecified atom stereocenters. The van der Waals surface area contributed by atoms with Crippen LogP contribution in [0.2, 0.25) is 0 Å². The first-order valence-electron chi connectivity index (χ1n) is 11.1. The lowest BCUT2D eigenvalue weighted by atomic mass is 9.91. The Morgan fingerprint density at radius 1 is 1.09 bits per heavy atom. The molecule has 2 heterocycles. The Morgan fingerprint density at radius 2 is 1.94 bits per heavy atom. The number of hydrogen-bond acceptors (Lipinski definition) is 9. The summed E-state index contributed by atoms with van der Waals surface area (Å²) >= 11 is 1.47. The van der Waals surface area contributed by atoms with Crippen molar-refractivity contribution in [1.29, 1.82) is 0 Å². The van der Waals surface area contributed by atoms with Crippen LogP contribution in [0, 0.1) is 0 Å². The summed E-state index contributed by atoms with van der Waals surface area (Å²) in [5, 5.41) is 7.03. The molecule has 1 aliphatic carbocycles. The Balaban J connectivity index is 1.36. The van der Waals surface area contributed by atoms with Gasteiger partial charge in [-0.25, -0.2) is 9.97 Å². The van der Waals surface area contributed by atoms with Gasteiger partial charge in [0.2, 0.25) is 5.95 Å². The zero-order chi connectivity index (χ0) is 23.5. The molecule has 9 nitrogen and oxygen atoms in total. The number of carbonyl (C=O) groups excluding carboxylic acids is 1. The topological polar surface area (TPSA) is 141 Å². The van der Waals surface area contributed by atoms with Gasteiger partial charge in [-0.3, -0.25) is 4.79 Å². The molecule has 0 radical (unpaired) electrons. The summed E-state index contributed by atoms with van der Waals surface area (Å²) in [5.74, 6) is 0.693. The van der Waals surface area contributed by atoms with E-state index in [4.69, 9.17) is 16.2 Å². The highest BCUT2D eigenvalue weighted by Crippen LogP contribution is 2.32. The Hall–Kier alpha value is -3.76. The maximum Gasteiger partial charge on any atom is 0.279 e. The van der Waals surface area contributed by atoms with Crippen LogP contribution in [0.4, 0.5) is 17.5 Å². The van der Waals surface area contributed by atoms with Crippen LogP contribution in [0.15, 0.2) is 54.7 Å². The first kappa shape index (κ1) is 22.1. The van der Waals surface area contributed by atoms with Gasteiger partial charge in [0.25, 0.3) is 11.1 Å². The molecule has 6 N–H and O–H groups in total. The van der Waals surface area contributed by atoms with E-state index in [1.807, 2.05) is 48.5 Å². The molecule has 0 saturated heterocycles. The van der Waals surface area contributed by atoms with Crippen LogP contribution in [0.25, 0.3) is 10.2 Å². The van der Waals surface area contributed by atoms with Crippen molar-refractivity contribution in [2.45, 2.75) is 37.8 Å². The van der Waals surface area contributed by atoms with Crippen LogP contribution in [-0.2, 0) is 0 Å². The summed E-state index contributed by atoms with van der Waals surface area (Å²) < 4.78 is 7.02. The number of nitrogens with one attached hydrogen (secondary N) is 2. The largest absolute Gasteiger partial charge is 0.431 e. The predicted molar refractivity (Wildman–Crippen MR) is 134 cm³/mol. The maximum atomic E-state index is 12.0. The van der Waals surface area contributed by atoms with Crippen LogP contribution in [-0.4, -0.2) is 32.9 Å². The number of benzene rings is 2. The van der Waals surface area contributed by atoms with Crippen LogP contribution >= 0.6 is 11.3 Å². The van der Waals surface area contributed by atoms with E-state index in [1.165, 1.54) is 17.5 Å². The molecule has 4 aromatic rings. The zero-order valence-corrected chi connectivity index (χ0v) is 19.2. The summed E-state index contributed by atoms with van der Waals surface area (Å²) in [6.07, 6.45) is 5.58. The van der Waals surface area contributed by atoms with Crippen molar-refractivity contribution in [3.63, 3.8) is 0 Å². The minimum absolute atomic E-state index is 0.0425. The average Bonchev–Trinajstić information content (AvgIpc) is 3.23. The number of aromatic nitrogens is 3. The second kappa shape index (κ2) is 9.62. The Bertz CT molecular complexity index is 1290. The van der Waals surface area contributed by atoms with E-state index in [0.717, 1.165) is 35.9 Å². The third-order valence-corrected chi connectivity index (χ3v) is 6.68. The highest BCUT2D eigenvalue weighted by atomic mass is 32.1. The predicted octanol–water partition coefficient (Wildman–Crippen LogP) is 4.40. The lowest BCUT2D eigenvalue weighted by molar-refractivity contribution is 0.100. The lowest BCUT2D eigenvalue weighted by Crippen LogP contribution is -2.43. The number of primary amides is 1. The molecule has 2 aromatic carbocycles. The van der Waals surface area contributed by atoms with E-state index < -0.39 is 5.91 Å². The number of rotatable bonds is 7. The van der Waals surface area contributed by atoms with Crippen LogP contribution in [0.1, 0.15) is 36.0 Å². The zero-order valence-electron chi connectivity index (χ0n) is 18.4. The molecule has 0 aliphatic heterocycles. The van der Waals surface area contributed by atoms with Gasteiger partial charge in [0.05, 0.1) is 10.2 Å². The van der Waals surface area contributed by atoms with Gasteiger partial charge < -0.3 is 26.8 Å². The number of nitrogens with two attached hydrogens (primary N) is 2. The standard InChI is InChI=1S/C24H25N7O2S/c25-17-8-1-2-9-18(17)29-23-27-13-16(21(26)32)22(31-23)28-14-6-5-7-15(12-14)33-24-30-19-10-3-4-11-20(19)34-24/h3-7,10-13,17-18H,1-2,8-9,25H2,(H2,26,32)(H2,27,28,29,31)/t17-,18+/m0/s1. The third-order valence-electron chi connectivity index (χ3n) is 5.76. The normalized spacial score (nSPS) is 17.9. The van der Waals surface area contributed by atoms with Crippen molar-refractivity contribution in [2.75, 3.05) is 10.6 Å². The highest BCUT2D eigenvalue weighted by molar-refractivity contribution is 7.20. The van der Waals surface area contributed by atoms with Crippen molar-refractivity contribution >= 4 is 44.9 Å². The van der Waals surface area contributed by atoms with Gasteiger partial charge in [-0.05, 0) is 37.1 Å². The summed E-state index contributed by atoms with van der Waals surface area (Å²) in [6.45, 7) is 0. The van der Waals surface area contributed by atoms with Gasteiger partial charge in [-0.2, -0.15) is 4.98 Å². The Labute approximate surface area is 200 Å². The molecule has 1 fully saturated rings. The molecule has 0 spiro atoms. The molecule has 0 bridgehead atoms. The average molecular weight is 476 g/mol. The first-order valence-corrected chi connectivity index (χ1v) is 12.0. The number of anilines is 3. The van der Waals surface area contributed by atoms with Gasteiger partial charge in [0.15, 0.2) is 0 Å². The number of para-hydroxylation sites is 1. The Kier molecular flexibility index (Phi) is 6.24. The van der Waals surface area contributed by atoms with Gasteiger partial charge in [-0.1, -0.05) is 42.4 Å². The van der Waals surface area contributed by atoms with Gasteiger partial charge >= 0.3 is 0 Å². The van der Waals surface area contributed by atoms with Crippen LogP contribution in [0.3, 0.4) is 0 Å². The molecule has 34 heavy (non-hydrogen) atoms. The third kappa shape index (κ3) is 4.92. The van der Waals surface area contributed by atoms with Crippen molar-refractivity contribution in [1.82, 2.24) is 15.0 Å². The Morgan fingerprint density at radius 3 is 2.76 bits per heavy atom.